The van der Waals surface area contributed by atoms with E-state index in [1.54, 1.807) is 0 Å². The molecule has 0 bridgehead atoms. The number of esters is 1. The Morgan fingerprint density at radius 2 is 1.48 bits per heavy atom. The zero-order valence-corrected chi connectivity index (χ0v) is 16.1. The molecule has 3 aromatic rings. The van der Waals surface area contributed by atoms with Gasteiger partial charge in [-0.05, 0) is 24.0 Å². The second kappa shape index (κ2) is 7.20. The molecule has 2 unspecified atom stereocenters. The average molecular weight is 386 g/mol. The molecule has 0 radical (unpaired) electrons. The summed E-state index contributed by atoms with van der Waals surface area (Å²) in [5.41, 5.74) is 3.15. The van der Waals surface area contributed by atoms with E-state index >= 15 is 0 Å². The Hall–Kier alpha value is -3.41. The minimum atomic E-state index is -0.454. The average Bonchev–Trinajstić information content (AvgIpc) is 3.63. The van der Waals surface area contributed by atoms with Crippen LogP contribution in [-0.2, 0) is 4.74 Å². The Morgan fingerprint density at radius 1 is 0.897 bits per heavy atom. The first-order valence-corrected chi connectivity index (χ1v) is 9.88. The summed E-state index contributed by atoms with van der Waals surface area (Å²) in [5, 5.41) is 7.13. The molecule has 2 aromatic carbocycles. The third-order valence-corrected chi connectivity index (χ3v) is 5.49. The van der Waals surface area contributed by atoms with Gasteiger partial charge in [0.05, 0.1) is 19.2 Å². The smallest absolute Gasteiger partial charge is 0.359 e. The van der Waals surface area contributed by atoms with Gasteiger partial charge in [0.25, 0.3) is 0 Å². The highest BCUT2D eigenvalue weighted by molar-refractivity contribution is 5.97. The Balaban J connectivity index is 1.64. The highest BCUT2D eigenvalue weighted by atomic mass is 16.5. The van der Waals surface area contributed by atoms with Crippen molar-refractivity contribution in [3.63, 3.8) is 0 Å². The van der Waals surface area contributed by atoms with Gasteiger partial charge in [0, 0.05) is 5.92 Å². The molecule has 5 rings (SSSR count). The van der Waals surface area contributed by atoms with E-state index in [1.165, 1.54) is 7.11 Å². The molecule has 1 saturated carbocycles. The molecule has 1 aliphatic heterocycles. The molecule has 2 aliphatic rings. The molecule has 0 saturated heterocycles. The lowest BCUT2D eigenvalue weighted by Gasteiger charge is -2.36. The van der Waals surface area contributed by atoms with E-state index in [4.69, 9.17) is 9.72 Å². The maximum Gasteiger partial charge on any atom is 0.359 e. The van der Waals surface area contributed by atoms with E-state index in [1.807, 2.05) is 36.4 Å². The van der Waals surface area contributed by atoms with Crippen molar-refractivity contribution < 1.29 is 9.53 Å². The van der Waals surface area contributed by atoms with Gasteiger partial charge in [-0.25, -0.2) is 14.8 Å². The first-order chi connectivity index (χ1) is 14.2. The maximum atomic E-state index is 12.5. The third kappa shape index (κ3) is 3.31. The molecule has 1 fully saturated rings. The summed E-state index contributed by atoms with van der Waals surface area (Å²) in [7, 11) is 1.38. The minimum Gasteiger partial charge on any atom is -0.464 e. The first-order valence-electron chi connectivity index (χ1n) is 9.88. The van der Waals surface area contributed by atoms with Crippen LogP contribution in [0.5, 0.6) is 0 Å². The van der Waals surface area contributed by atoms with Gasteiger partial charge < -0.3 is 15.4 Å². The Bertz CT molecular complexity index is 1040. The van der Waals surface area contributed by atoms with Gasteiger partial charge in [0.2, 0.25) is 0 Å². The summed E-state index contributed by atoms with van der Waals surface area (Å²) in [4.78, 5) is 21.8. The lowest BCUT2D eigenvalue weighted by Crippen LogP contribution is -2.32. The highest BCUT2D eigenvalue weighted by Crippen LogP contribution is 2.45. The van der Waals surface area contributed by atoms with Crippen LogP contribution in [0.3, 0.4) is 0 Å². The van der Waals surface area contributed by atoms with Crippen molar-refractivity contribution in [2.45, 2.75) is 30.8 Å². The van der Waals surface area contributed by atoms with Crippen molar-refractivity contribution in [2.24, 2.45) is 0 Å². The zero-order chi connectivity index (χ0) is 19.8. The van der Waals surface area contributed by atoms with Gasteiger partial charge in [-0.1, -0.05) is 60.7 Å². The maximum absolute atomic E-state index is 12.5. The van der Waals surface area contributed by atoms with E-state index in [2.05, 4.69) is 39.9 Å². The molecule has 0 spiro atoms. The summed E-state index contributed by atoms with van der Waals surface area (Å²) in [6.07, 6.45) is 2.11. The van der Waals surface area contributed by atoms with Crippen LogP contribution < -0.4 is 10.6 Å². The quantitative estimate of drug-likeness (QED) is 0.645. The van der Waals surface area contributed by atoms with Crippen molar-refractivity contribution in [1.29, 1.82) is 0 Å². The van der Waals surface area contributed by atoms with E-state index in [0.29, 0.717) is 28.9 Å². The van der Waals surface area contributed by atoms with Crippen LogP contribution in [0.1, 0.15) is 58.3 Å². The van der Waals surface area contributed by atoms with Gasteiger partial charge >= 0.3 is 5.97 Å². The van der Waals surface area contributed by atoms with E-state index < -0.39 is 5.97 Å². The number of rotatable bonds is 4. The number of carbonyl (C=O) groups is 1. The minimum absolute atomic E-state index is 0.0430. The molecular formula is C23H22N4O2. The molecular weight excluding hydrogens is 364 g/mol. The molecule has 29 heavy (non-hydrogen) atoms. The predicted molar refractivity (Wildman–Crippen MR) is 111 cm³/mol. The fourth-order valence-electron chi connectivity index (χ4n) is 3.83. The molecule has 2 atom stereocenters. The fraction of sp³-hybridized carbons (Fsp3) is 0.261. The number of carbonyl (C=O) groups excluding carboxylic acids is 1. The number of fused-ring (bicyclic) bond motifs is 1. The number of benzene rings is 2. The van der Waals surface area contributed by atoms with Crippen molar-refractivity contribution in [1.82, 2.24) is 9.97 Å². The molecule has 146 valence electrons. The van der Waals surface area contributed by atoms with Crippen LogP contribution in [-0.4, -0.2) is 23.0 Å². The topological polar surface area (TPSA) is 76.1 Å². The number of hydrogen-bond donors (Lipinski definition) is 2. The summed E-state index contributed by atoms with van der Waals surface area (Å²) >= 11 is 0. The Labute approximate surface area is 169 Å². The SMILES string of the molecule is COC(=O)c1nc(C2CC2)nc2c1NC(c1ccccc1)C(c1ccccc1)N2. The Kier molecular flexibility index (Phi) is 4.39. The standard InChI is InChI=1S/C23H22N4O2/c1-29-23(28)20-19-22(27-21(26-20)16-12-13-16)25-18(15-10-6-3-7-11-15)17(24-19)14-8-4-2-5-9-14/h2-11,16-18,24H,12-13H2,1H3,(H,25,26,27). The molecule has 2 heterocycles. The normalized spacial score (nSPS) is 20.2. The molecule has 0 amide bonds. The number of hydrogen-bond acceptors (Lipinski definition) is 6. The fourth-order valence-corrected chi connectivity index (χ4v) is 3.83. The number of nitrogens with one attached hydrogen (secondary N) is 2. The van der Waals surface area contributed by atoms with Crippen molar-refractivity contribution in [3.05, 3.63) is 83.3 Å². The molecule has 6 nitrogen and oxygen atoms in total. The monoisotopic (exact) mass is 386 g/mol. The van der Waals surface area contributed by atoms with E-state index in [-0.39, 0.29) is 12.1 Å². The highest BCUT2D eigenvalue weighted by Gasteiger charge is 2.36. The van der Waals surface area contributed by atoms with Gasteiger partial charge in [-0.3, -0.25) is 0 Å². The molecule has 2 N–H and O–H groups in total. The van der Waals surface area contributed by atoms with Gasteiger partial charge in [-0.15, -0.1) is 0 Å². The van der Waals surface area contributed by atoms with Crippen molar-refractivity contribution in [2.75, 3.05) is 17.7 Å². The van der Waals surface area contributed by atoms with Crippen molar-refractivity contribution in [3.8, 4) is 0 Å². The number of nitrogens with zero attached hydrogens (tertiary/aromatic N) is 2. The van der Waals surface area contributed by atoms with Crippen LogP contribution in [0, 0.1) is 0 Å². The number of aromatic nitrogens is 2. The summed E-state index contributed by atoms with van der Waals surface area (Å²) in [6, 6.07) is 20.3. The number of methoxy groups -OCH3 is 1. The molecule has 6 heteroatoms. The number of ether oxygens (including phenoxy) is 1. The van der Waals surface area contributed by atoms with Crippen LogP contribution in [0.2, 0.25) is 0 Å². The van der Waals surface area contributed by atoms with Gasteiger partial charge in [0.15, 0.2) is 11.5 Å². The summed E-state index contributed by atoms with van der Waals surface area (Å²) in [5.74, 6) is 1.24. The van der Waals surface area contributed by atoms with Crippen LogP contribution in [0.15, 0.2) is 60.7 Å². The molecule has 1 aromatic heterocycles. The zero-order valence-electron chi connectivity index (χ0n) is 16.1. The predicted octanol–water partition coefficient (Wildman–Crippen LogP) is 4.46. The largest absolute Gasteiger partial charge is 0.464 e. The lowest BCUT2D eigenvalue weighted by molar-refractivity contribution is 0.0594. The summed E-state index contributed by atoms with van der Waals surface area (Å²) in [6.45, 7) is 0. The van der Waals surface area contributed by atoms with Crippen LogP contribution in [0.25, 0.3) is 0 Å². The first kappa shape index (κ1) is 17.7. The molecule has 1 aliphatic carbocycles. The van der Waals surface area contributed by atoms with E-state index in [0.717, 1.165) is 24.0 Å². The Morgan fingerprint density at radius 3 is 2.03 bits per heavy atom. The van der Waals surface area contributed by atoms with Gasteiger partial charge in [-0.2, -0.15) is 0 Å². The summed E-state index contributed by atoms with van der Waals surface area (Å²) < 4.78 is 5.01. The number of anilines is 2. The lowest BCUT2D eigenvalue weighted by atomic mass is 9.91. The van der Waals surface area contributed by atoms with Gasteiger partial charge in [0.1, 0.15) is 11.5 Å². The van der Waals surface area contributed by atoms with Crippen LogP contribution in [0.4, 0.5) is 11.5 Å². The second-order valence-corrected chi connectivity index (χ2v) is 7.49. The van der Waals surface area contributed by atoms with Crippen molar-refractivity contribution >= 4 is 17.5 Å². The van der Waals surface area contributed by atoms with E-state index in [9.17, 15) is 4.79 Å². The van der Waals surface area contributed by atoms with Crippen LogP contribution >= 0.6 is 0 Å². The second-order valence-electron chi connectivity index (χ2n) is 7.49. The third-order valence-electron chi connectivity index (χ3n) is 5.49.